The summed E-state index contributed by atoms with van der Waals surface area (Å²) in [6.07, 6.45) is 3.46. The van der Waals surface area contributed by atoms with Gasteiger partial charge in [-0.05, 0) is 30.6 Å². The van der Waals surface area contributed by atoms with E-state index in [1.807, 2.05) is 11.8 Å². The lowest BCUT2D eigenvalue weighted by Crippen LogP contribution is -2.52. The summed E-state index contributed by atoms with van der Waals surface area (Å²) < 4.78 is 0. The van der Waals surface area contributed by atoms with Gasteiger partial charge in [-0.1, -0.05) is 20.8 Å². The van der Waals surface area contributed by atoms with Crippen LogP contribution in [0.3, 0.4) is 0 Å². The van der Waals surface area contributed by atoms with Crippen molar-refractivity contribution in [3.05, 3.63) is 0 Å². The van der Waals surface area contributed by atoms with Gasteiger partial charge in [0.05, 0.1) is 4.87 Å². The molecule has 0 radical (unpaired) electrons. The van der Waals surface area contributed by atoms with Crippen LogP contribution in [0.25, 0.3) is 0 Å². The van der Waals surface area contributed by atoms with Crippen molar-refractivity contribution in [2.24, 2.45) is 11.3 Å². The highest BCUT2D eigenvalue weighted by atomic mass is 32.2. The van der Waals surface area contributed by atoms with E-state index < -0.39 is 5.97 Å². The van der Waals surface area contributed by atoms with Gasteiger partial charge in [0.2, 0.25) is 0 Å². The van der Waals surface area contributed by atoms with Gasteiger partial charge in [0.25, 0.3) is 0 Å². The van der Waals surface area contributed by atoms with Crippen molar-refractivity contribution in [1.29, 1.82) is 0 Å². The van der Waals surface area contributed by atoms with E-state index in [1.54, 1.807) is 0 Å². The van der Waals surface area contributed by atoms with E-state index >= 15 is 0 Å². The molecule has 3 atom stereocenters. The molecule has 4 heteroatoms. The highest BCUT2D eigenvalue weighted by Crippen LogP contribution is 2.51. The number of aliphatic carboxylic acids is 1. The summed E-state index contributed by atoms with van der Waals surface area (Å²) >= 11 is 1.82. The number of rotatable bonds is 1. The molecule has 2 N–H and O–H groups in total. The molecule has 2 unspecified atom stereocenters. The molecule has 2 fully saturated rings. The Balaban J connectivity index is 2.08. The van der Waals surface area contributed by atoms with Crippen LogP contribution in [-0.4, -0.2) is 27.7 Å². The molecule has 1 saturated carbocycles. The average molecular weight is 243 g/mol. The first kappa shape index (κ1) is 12.2. The number of carboxylic acids is 1. The van der Waals surface area contributed by atoms with Crippen LogP contribution >= 0.6 is 11.8 Å². The molecule has 2 aliphatic rings. The standard InChI is InChI=1S/C12H21NO2S/c1-8-6-11(2,3)4-5-12(8)13-9(7-16-12)10(14)15/h8-9,13H,4-7H2,1-3H3,(H,14,15)/t8?,9-,12?/m0/s1. The molecule has 92 valence electrons. The van der Waals surface area contributed by atoms with E-state index in [9.17, 15) is 4.79 Å². The molecular formula is C12H21NO2S. The summed E-state index contributed by atoms with van der Waals surface area (Å²) in [5.74, 6) is 0.548. The number of nitrogens with one attached hydrogen (secondary N) is 1. The Morgan fingerprint density at radius 2 is 2.12 bits per heavy atom. The molecule has 1 aliphatic heterocycles. The molecule has 1 spiro atoms. The lowest BCUT2D eigenvalue weighted by atomic mass is 9.70. The average Bonchev–Trinajstić information content (AvgIpc) is 2.58. The second-order valence-corrected chi connectivity index (χ2v) is 7.36. The summed E-state index contributed by atoms with van der Waals surface area (Å²) in [6.45, 7) is 6.88. The minimum atomic E-state index is -0.707. The summed E-state index contributed by atoms with van der Waals surface area (Å²) in [4.78, 5) is 11.0. The van der Waals surface area contributed by atoms with Gasteiger partial charge in [-0.25, -0.2) is 0 Å². The van der Waals surface area contributed by atoms with Crippen LogP contribution in [0.4, 0.5) is 0 Å². The Hall–Kier alpha value is -0.220. The molecule has 0 bridgehead atoms. The van der Waals surface area contributed by atoms with Crippen LogP contribution < -0.4 is 5.32 Å². The monoisotopic (exact) mass is 243 g/mol. The third-order valence-corrected chi connectivity index (χ3v) is 5.79. The van der Waals surface area contributed by atoms with E-state index in [2.05, 4.69) is 26.1 Å². The fourth-order valence-corrected chi connectivity index (χ4v) is 4.57. The van der Waals surface area contributed by atoms with Gasteiger partial charge >= 0.3 is 5.97 Å². The Morgan fingerprint density at radius 3 is 2.62 bits per heavy atom. The molecule has 3 nitrogen and oxygen atoms in total. The van der Waals surface area contributed by atoms with Crippen LogP contribution in [0, 0.1) is 11.3 Å². The molecule has 0 aromatic rings. The first-order chi connectivity index (χ1) is 7.35. The number of hydrogen-bond donors (Lipinski definition) is 2. The van der Waals surface area contributed by atoms with E-state index in [-0.39, 0.29) is 10.9 Å². The summed E-state index contributed by atoms with van der Waals surface area (Å²) in [5, 5.41) is 12.4. The van der Waals surface area contributed by atoms with Gasteiger partial charge in [-0.2, -0.15) is 0 Å². The first-order valence-corrected chi connectivity index (χ1v) is 6.98. The second kappa shape index (κ2) is 3.91. The van der Waals surface area contributed by atoms with Crippen LogP contribution in [0.1, 0.15) is 40.0 Å². The zero-order chi connectivity index (χ0) is 12.0. The first-order valence-electron chi connectivity index (χ1n) is 5.99. The van der Waals surface area contributed by atoms with Crippen molar-refractivity contribution in [1.82, 2.24) is 5.32 Å². The molecule has 1 heterocycles. The molecule has 0 aromatic carbocycles. The van der Waals surface area contributed by atoms with Crippen molar-refractivity contribution in [2.75, 3.05) is 5.75 Å². The van der Waals surface area contributed by atoms with E-state index in [0.717, 1.165) is 6.42 Å². The van der Waals surface area contributed by atoms with Gasteiger partial charge in [0, 0.05) is 5.75 Å². The molecule has 1 saturated heterocycles. The van der Waals surface area contributed by atoms with Crippen LogP contribution in [0.15, 0.2) is 0 Å². The Kier molecular flexibility index (Phi) is 2.99. The number of thioether (sulfide) groups is 1. The van der Waals surface area contributed by atoms with E-state index in [4.69, 9.17) is 5.11 Å². The SMILES string of the molecule is CC1CC(C)(C)CCC12N[C@H](C(=O)O)CS2. The lowest BCUT2D eigenvalue weighted by Gasteiger charge is -2.46. The largest absolute Gasteiger partial charge is 0.480 e. The molecular weight excluding hydrogens is 222 g/mol. The Morgan fingerprint density at radius 1 is 1.44 bits per heavy atom. The Labute approximate surface area is 101 Å². The molecule has 0 aromatic heterocycles. The van der Waals surface area contributed by atoms with Gasteiger partial charge in [-0.3, -0.25) is 10.1 Å². The van der Waals surface area contributed by atoms with Gasteiger partial charge in [0.15, 0.2) is 0 Å². The van der Waals surface area contributed by atoms with E-state index in [0.29, 0.717) is 17.1 Å². The molecule has 1 aliphatic carbocycles. The Bertz CT molecular complexity index is 305. The molecule has 0 amide bonds. The number of hydrogen-bond acceptors (Lipinski definition) is 3. The predicted octanol–water partition coefficient (Wildman–Crippen LogP) is 2.32. The number of carboxylic acid groups (broad SMARTS) is 1. The maximum Gasteiger partial charge on any atom is 0.321 e. The van der Waals surface area contributed by atoms with Crippen LogP contribution in [0.5, 0.6) is 0 Å². The minimum Gasteiger partial charge on any atom is -0.480 e. The maximum absolute atomic E-state index is 11.0. The van der Waals surface area contributed by atoms with Crippen molar-refractivity contribution in [3.63, 3.8) is 0 Å². The highest BCUT2D eigenvalue weighted by molar-refractivity contribution is 8.01. The maximum atomic E-state index is 11.0. The quantitative estimate of drug-likeness (QED) is 0.742. The smallest absolute Gasteiger partial charge is 0.321 e. The van der Waals surface area contributed by atoms with Gasteiger partial charge in [-0.15, -0.1) is 11.8 Å². The van der Waals surface area contributed by atoms with Gasteiger partial charge < -0.3 is 5.11 Å². The fraction of sp³-hybridized carbons (Fsp3) is 0.917. The van der Waals surface area contributed by atoms with Crippen molar-refractivity contribution in [2.45, 2.75) is 50.9 Å². The number of carbonyl (C=O) groups is 1. The zero-order valence-corrected chi connectivity index (χ0v) is 11.1. The third-order valence-electron chi connectivity index (χ3n) is 4.05. The van der Waals surface area contributed by atoms with Crippen molar-refractivity contribution < 1.29 is 9.90 Å². The summed E-state index contributed by atoms with van der Waals surface area (Å²) in [7, 11) is 0. The predicted molar refractivity (Wildman–Crippen MR) is 66.5 cm³/mol. The van der Waals surface area contributed by atoms with Crippen molar-refractivity contribution >= 4 is 17.7 Å². The summed E-state index contributed by atoms with van der Waals surface area (Å²) in [6, 6.07) is -0.353. The van der Waals surface area contributed by atoms with E-state index in [1.165, 1.54) is 12.8 Å². The molecule has 2 rings (SSSR count). The lowest BCUT2D eigenvalue weighted by molar-refractivity contribution is -0.139. The second-order valence-electron chi connectivity index (χ2n) is 6.01. The zero-order valence-electron chi connectivity index (χ0n) is 10.2. The van der Waals surface area contributed by atoms with Crippen molar-refractivity contribution in [3.8, 4) is 0 Å². The van der Waals surface area contributed by atoms with Crippen LogP contribution in [0.2, 0.25) is 0 Å². The minimum absolute atomic E-state index is 0.0264. The topological polar surface area (TPSA) is 49.3 Å². The highest BCUT2D eigenvalue weighted by Gasteiger charge is 2.49. The van der Waals surface area contributed by atoms with Crippen LogP contribution in [-0.2, 0) is 4.79 Å². The normalized spacial score (nSPS) is 42.4. The third kappa shape index (κ3) is 2.09. The van der Waals surface area contributed by atoms with Gasteiger partial charge in [0.1, 0.15) is 6.04 Å². The fourth-order valence-electron chi connectivity index (χ4n) is 3.04. The molecule has 16 heavy (non-hydrogen) atoms. The summed E-state index contributed by atoms with van der Waals surface area (Å²) in [5.41, 5.74) is 0.411.